The molecule has 1 unspecified atom stereocenters. The molecule has 0 heterocycles. The van der Waals surface area contributed by atoms with Crippen LogP contribution < -0.4 is 15.4 Å². The number of nitrogens with one attached hydrogen (secondary N) is 2. The van der Waals surface area contributed by atoms with Gasteiger partial charge in [0, 0.05) is 12.8 Å². The first-order valence-electron chi connectivity index (χ1n) is 8.49. The number of ether oxygens (including phenoxy) is 1. The van der Waals surface area contributed by atoms with Gasteiger partial charge in [0.2, 0.25) is 0 Å². The molecule has 0 radical (unpaired) electrons. The van der Waals surface area contributed by atoms with Gasteiger partial charge in [-0.3, -0.25) is 0 Å². The minimum atomic E-state index is -3.27. The minimum absolute atomic E-state index is 0.192. The Morgan fingerprint density at radius 1 is 1.14 bits per heavy atom. The Bertz CT molecular complexity index is 902. The fourth-order valence-corrected chi connectivity index (χ4v) is 3.05. The monoisotopic (exact) mass is 412 g/mol. The molecule has 0 aliphatic carbocycles. The van der Waals surface area contributed by atoms with Crippen molar-refractivity contribution in [2.24, 2.45) is 0 Å². The molecular weight excluding hydrogens is 390 g/mol. The first-order valence-corrected chi connectivity index (χ1v) is 10.4. The molecule has 2 aromatic carbocycles. The van der Waals surface area contributed by atoms with Crippen LogP contribution in [-0.4, -0.2) is 33.7 Å². The average Bonchev–Trinajstić information content (AvgIpc) is 2.64. The summed E-state index contributed by atoms with van der Waals surface area (Å²) in [5.41, 5.74) is 1.46. The summed E-state index contributed by atoms with van der Waals surface area (Å²) in [6.45, 7) is 1.28. The summed E-state index contributed by atoms with van der Waals surface area (Å²) in [5, 5.41) is 5.43. The molecule has 0 aromatic heterocycles. The SMILES string of the molecule is CC(NC(=O)NCc1cccc(OCC(F)F)c1)c1ccc(S(C)(=O)=O)cc1. The van der Waals surface area contributed by atoms with Gasteiger partial charge in [-0.15, -0.1) is 0 Å². The second-order valence-corrected chi connectivity index (χ2v) is 8.26. The molecule has 2 aromatic rings. The Balaban J connectivity index is 1.87. The van der Waals surface area contributed by atoms with Gasteiger partial charge in [0.25, 0.3) is 6.43 Å². The highest BCUT2D eigenvalue weighted by molar-refractivity contribution is 7.90. The largest absolute Gasteiger partial charge is 0.488 e. The summed E-state index contributed by atoms with van der Waals surface area (Å²) in [6.07, 6.45) is -1.43. The molecule has 2 N–H and O–H groups in total. The molecule has 0 bridgehead atoms. The molecule has 0 fully saturated rings. The van der Waals surface area contributed by atoms with E-state index in [1.165, 1.54) is 12.1 Å². The van der Waals surface area contributed by atoms with Crippen molar-refractivity contribution in [1.29, 1.82) is 0 Å². The predicted molar refractivity (Wildman–Crippen MR) is 101 cm³/mol. The van der Waals surface area contributed by atoms with Crippen molar-refractivity contribution >= 4 is 15.9 Å². The normalized spacial score (nSPS) is 12.5. The standard InChI is InChI=1S/C19H22F2N2O4S/c1-13(15-6-8-17(9-7-15)28(2,25)26)23-19(24)22-11-14-4-3-5-16(10-14)27-12-18(20)21/h3-10,13,18H,11-12H2,1-2H3,(H2,22,23,24). The van der Waals surface area contributed by atoms with Crippen LogP contribution >= 0.6 is 0 Å². The van der Waals surface area contributed by atoms with Gasteiger partial charge in [-0.25, -0.2) is 22.0 Å². The number of alkyl halides is 2. The number of carbonyl (C=O) groups excluding carboxylic acids is 1. The first kappa shape index (κ1) is 21.6. The van der Waals surface area contributed by atoms with E-state index in [2.05, 4.69) is 10.6 Å². The molecule has 0 saturated carbocycles. The van der Waals surface area contributed by atoms with Crippen LogP contribution in [0.2, 0.25) is 0 Å². The van der Waals surface area contributed by atoms with Crippen molar-refractivity contribution in [3.8, 4) is 5.75 Å². The smallest absolute Gasteiger partial charge is 0.315 e. The fourth-order valence-electron chi connectivity index (χ4n) is 2.42. The number of benzene rings is 2. The van der Waals surface area contributed by atoms with Crippen LogP contribution in [0.5, 0.6) is 5.75 Å². The van der Waals surface area contributed by atoms with E-state index in [4.69, 9.17) is 4.74 Å². The molecule has 0 aliphatic rings. The Labute approximate surface area is 162 Å². The number of amides is 2. The summed E-state index contributed by atoms with van der Waals surface area (Å²) in [7, 11) is -3.27. The lowest BCUT2D eigenvalue weighted by atomic mass is 10.1. The van der Waals surface area contributed by atoms with Crippen LogP contribution in [0, 0.1) is 0 Å². The van der Waals surface area contributed by atoms with Crippen LogP contribution in [-0.2, 0) is 16.4 Å². The van der Waals surface area contributed by atoms with E-state index >= 15 is 0 Å². The van der Waals surface area contributed by atoms with Crippen LogP contribution in [0.25, 0.3) is 0 Å². The number of sulfone groups is 1. The Morgan fingerprint density at radius 3 is 2.43 bits per heavy atom. The molecule has 2 rings (SSSR count). The zero-order valence-corrected chi connectivity index (χ0v) is 16.3. The fraction of sp³-hybridized carbons (Fsp3) is 0.316. The lowest BCUT2D eigenvalue weighted by Gasteiger charge is -2.16. The summed E-state index contributed by atoms with van der Waals surface area (Å²) < 4.78 is 52.3. The Morgan fingerprint density at radius 2 is 1.82 bits per heavy atom. The summed E-state index contributed by atoms with van der Waals surface area (Å²) >= 11 is 0. The van der Waals surface area contributed by atoms with Gasteiger partial charge in [-0.2, -0.15) is 0 Å². The highest BCUT2D eigenvalue weighted by Crippen LogP contribution is 2.17. The average molecular weight is 412 g/mol. The van der Waals surface area contributed by atoms with Crippen molar-refractivity contribution in [3.05, 3.63) is 59.7 Å². The quantitative estimate of drug-likeness (QED) is 0.697. The number of hydrogen-bond acceptors (Lipinski definition) is 4. The van der Waals surface area contributed by atoms with E-state index in [0.717, 1.165) is 11.8 Å². The summed E-state index contributed by atoms with van der Waals surface area (Å²) in [6, 6.07) is 12.1. The van der Waals surface area contributed by atoms with E-state index in [-0.39, 0.29) is 17.5 Å². The predicted octanol–water partition coefficient (Wildman–Crippen LogP) is 3.29. The van der Waals surface area contributed by atoms with Crippen molar-refractivity contribution in [3.63, 3.8) is 0 Å². The highest BCUT2D eigenvalue weighted by Gasteiger charge is 2.12. The van der Waals surface area contributed by atoms with E-state index in [0.29, 0.717) is 11.3 Å². The number of halogens is 2. The second kappa shape index (κ2) is 9.50. The molecular formula is C19H22F2N2O4S. The van der Waals surface area contributed by atoms with Gasteiger partial charge in [-0.1, -0.05) is 24.3 Å². The zero-order chi connectivity index (χ0) is 20.7. The molecule has 0 spiro atoms. The van der Waals surface area contributed by atoms with Crippen LogP contribution in [0.4, 0.5) is 13.6 Å². The number of rotatable bonds is 8. The Hall–Kier alpha value is -2.68. The third kappa shape index (κ3) is 6.80. The Kier molecular flexibility index (Phi) is 7.33. The molecule has 152 valence electrons. The topological polar surface area (TPSA) is 84.5 Å². The molecule has 6 nitrogen and oxygen atoms in total. The maximum absolute atomic E-state index is 12.2. The maximum atomic E-state index is 12.2. The molecule has 0 aliphatic heterocycles. The van der Waals surface area contributed by atoms with E-state index < -0.39 is 28.9 Å². The first-order chi connectivity index (χ1) is 13.1. The third-order valence-corrected chi connectivity index (χ3v) is 5.01. The minimum Gasteiger partial charge on any atom is -0.488 e. The number of carbonyl (C=O) groups is 1. The van der Waals surface area contributed by atoms with Crippen LogP contribution in [0.3, 0.4) is 0 Å². The van der Waals surface area contributed by atoms with Gasteiger partial charge in [0.15, 0.2) is 9.84 Å². The van der Waals surface area contributed by atoms with Crippen molar-refractivity contribution in [1.82, 2.24) is 10.6 Å². The summed E-state index contributed by atoms with van der Waals surface area (Å²) in [5.74, 6) is 0.305. The van der Waals surface area contributed by atoms with Gasteiger partial charge >= 0.3 is 6.03 Å². The van der Waals surface area contributed by atoms with Gasteiger partial charge in [0.05, 0.1) is 10.9 Å². The lowest BCUT2D eigenvalue weighted by molar-refractivity contribution is 0.0818. The van der Waals surface area contributed by atoms with Gasteiger partial charge in [0.1, 0.15) is 12.4 Å². The highest BCUT2D eigenvalue weighted by atomic mass is 32.2. The zero-order valence-electron chi connectivity index (χ0n) is 15.5. The van der Waals surface area contributed by atoms with Gasteiger partial charge < -0.3 is 15.4 Å². The molecule has 0 saturated heterocycles. The van der Waals surface area contributed by atoms with Gasteiger partial charge in [-0.05, 0) is 42.3 Å². The van der Waals surface area contributed by atoms with Crippen LogP contribution in [0.1, 0.15) is 24.1 Å². The van der Waals surface area contributed by atoms with Crippen molar-refractivity contribution < 1.29 is 26.7 Å². The number of hydrogen-bond donors (Lipinski definition) is 2. The van der Waals surface area contributed by atoms with E-state index in [1.54, 1.807) is 43.3 Å². The number of urea groups is 1. The van der Waals surface area contributed by atoms with E-state index in [1.807, 2.05) is 0 Å². The second-order valence-electron chi connectivity index (χ2n) is 6.24. The van der Waals surface area contributed by atoms with Crippen molar-refractivity contribution in [2.75, 3.05) is 12.9 Å². The molecule has 9 heteroatoms. The third-order valence-electron chi connectivity index (χ3n) is 3.88. The van der Waals surface area contributed by atoms with E-state index in [9.17, 15) is 22.0 Å². The maximum Gasteiger partial charge on any atom is 0.315 e. The molecule has 2 amide bonds. The summed E-state index contributed by atoms with van der Waals surface area (Å²) in [4.78, 5) is 12.3. The molecule has 28 heavy (non-hydrogen) atoms. The van der Waals surface area contributed by atoms with Crippen LogP contribution in [0.15, 0.2) is 53.4 Å². The van der Waals surface area contributed by atoms with Crippen molar-refractivity contribution in [2.45, 2.75) is 30.8 Å². The molecule has 1 atom stereocenters. The lowest BCUT2D eigenvalue weighted by Crippen LogP contribution is -2.36.